The standard InChI is InChI=1S/C20H25FN2O4/c1-19(2)9-15(14-6-5-13(21)8-16(14)27-19)22-18(26)23-10-12-4-3-7-20(12,11-23)17(24)25/h5-6,8,12,15H,3-4,7,9-11H2,1-2H3,(H,22,26)(H,24,25)/t12-,15?,20+/m0/s1. The number of likely N-dealkylation sites (tertiary alicyclic amines) is 1. The van der Waals surface area contributed by atoms with Crippen LogP contribution in [-0.2, 0) is 4.79 Å². The maximum absolute atomic E-state index is 13.6. The number of hydrogen-bond acceptors (Lipinski definition) is 3. The van der Waals surface area contributed by atoms with Crippen molar-refractivity contribution in [2.24, 2.45) is 11.3 Å². The fourth-order valence-corrected chi connectivity index (χ4v) is 4.99. The van der Waals surface area contributed by atoms with Gasteiger partial charge in [-0.25, -0.2) is 9.18 Å². The number of aliphatic carboxylic acids is 1. The second-order valence-electron chi connectivity index (χ2n) is 8.68. The lowest BCUT2D eigenvalue weighted by molar-refractivity contribution is -0.149. The van der Waals surface area contributed by atoms with E-state index < -0.39 is 17.0 Å². The van der Waals surface area contributed by atoms with Crippen LogP contribution >= 0.6 is 0 Å². The molecule has 1 aliphatic carbocycles. The number of benzene rings is 1. The molecule has 0 aromatic heterocycles. The van der Waals surface area contributed by atoms with Crippen LogP contribution in [0, 0.1) is 17.2 Å². The molecule has 27 heavy (non-hydrogen) atoms. The van der Waals surface area contributed by atoms with Gasteiger partial charge in [-0.3, -0.25) is 4.79 Å². The summed E-state index contributed by atoms with van der Waals surface area (Å²) >= 11 is 0. The summed E-state index contributed by atoms with van der Waals surface area (Å²) in [6.07, 6.45) is 2.93. The van der Waals surface area contributed by atoms with Gasteiger partial charge in [-0.15, -0.1) is 0 Å². The molecule has 3 atom stereocenters. The highest BCUT2D eigenvalue weighted by Gasteiger charge is 2.56. The van der Waals surface area contributed by atoms with Crippen LogP contribution in [0.4, 0.5) is 9.18 Å². The highest BCUT2D eigenvalue weighted by atomic mass is 19.1. The fraction of sp³-hybridized carbons (Fsp3) is 0.600. The van der Waals surface area contributed by atoms with Gasteiger partial charge in [0.05, 0.1) is 11.5 Å². The van der Waals surface area contributed by atoms with Gasteiger partial charge in [-0.2, -0.15) is 0 Å². The molecule has 1 saturated carbocycles. The van der Waals surface area contributed by atoms with E-state index in [0.29, 0.717) is 25.1 Å². The van der Waals surface area contributed by atoms with Crippen molar-refractivity contribution in [3.05, 3.63) is 29.6 Å². The van der Waals surface area contributed by atoms with Gasteiger partial charge in [-0.1, -0.05) is 12.5 Å². The second-order valence-corrected chi connectivity index (χ2v) is 8.68. The van der Waals surface area contributed by atoms with Crippen molar-refractivity contribution >= 4 is 12.0 Å². The Bertz CT molecular complexity index is 796. The van der Waals surface area contributed by atoms with Crippen LogP contribution in [0.15, 0.2) is 18.2 Å². The Labute approximate surface area is 157 Å². The van der Waals surface area contributed by atoms with Crippen LogP contribution in [0.5, 0.6) is 5.75 Å². The largest absolute Gasteiger partial charge is 0.487 e. The first kappa shape index (κ1) is 18.1. The van der Waals surface area contributed by atoms with Crippen molar-refractivity contribution in [1.82, 2.24) is 10.2 Å². The molecule has 1 unspecified atom stereocenters. The molecule has 2 heterocycles. The minimum absolute atomic E-state index is 0.0215. The summed E-state index contributed by atoms with van der Waals surface area (Å²) < 4.78 is 19.5. The molecule has 0 spiro atoms. The summed E-state index contributed by atoms with van der Waals surface area (Å²) in [5.41, 5.74) is -0.591. The number of ether oxygens (including phenoxy) is 1. The van der Waals surface area contributed by atoms with E-state index in [1.165, 1.54) is 12.1 Å². The Hall–Kier alpha value is -2.31. The Balaban J connectivity index is 1.53. The highest BCUT2D eigenvalue weighted by molar-refractivity contribution is 5.81. The average molecular weight is 376 g/mol. The van der Waals surface area contributed by atoms with Gasteiger partial charge < -0.3 is 20.1 Å². The van der Waals surface area contributed by atoms with Crippen LogP contribution in [0.1, 0.15) is 51.1 Å². The minimum atomic E-state index is -0.798. The lowest BCUT2D eigenvalue weighted by atomic mass is 9.81. The third kappa shape index (κ3) is 3.03. The van der Waals surface area contributed by atoms with Crippen LogP contribution in [0.2, 0.25) is 0 Å². The first-order valence-corrected chi connectivity index (χ1v) is 9.47. The SMILES string of the molecule is CC1(C)CC(NC(=O)N2C[C@@H]3CCC[C@@]3(C(=O)O)C2)c2ccc(F)cc2O1. The number of fused-ring (bicyclic) bond motifs is 2. The van der Waals surface area contributed by atoms with Gasteiger partial charge in [0.25, 0.3) is 0 Å². The molecule has 2 aliphatic heterocycles. The summed E-state index contributed by atoms with van der Waals surface area (Å²) in [6, 6.07) is 3.78. The van der Waals surface area contributed by atoms with E-state index in [9.17, 15) is 19.1 Å². The zero-order valence-electron chi connectivity index (χ0n) is 15.6. The number of halogens is 1. The monoisotopic (exact) mass is 376 g/mol. The van der Waals surface area contributed by atoms with Crippen LogP contribution in [-0.4, -0.2) is 40.7 Å². The summed E-state index contributed by atoms with van der Waals surface area (Å²) in [5, 5.41) is 12.7. The molecule has 1 aromatic rings. The van der Waals surface area contributed by atoms with Gasteiger partial charge in [0.1, 0.15) is 17.2 Å². The number of nitrogens with zero attached hydrogens (tertiary/aromatic N) is 1. The summed E-state index contributed by atoms with van der Waals surface area (Å²) in [4.78, 5) is 26.4. The Kier molecular flexibility index (Phi) is 4.09. The number of hydrogen-bond donors (Lipinski definition) is 2. The topological polar surface area (TPSA) is 78.9 Å². The normalized spacial score (nSPS) is 31.0. The molecule has 7 heteroatoms. The van der Waals surface area contributed by atoms with E-state index in [4.69, 9.17) is 4.74 Å². The molecule has 0 radical (unpaired) electrons. The van der Waals surface area contributed by atoms with Gasteiger partial charge in [0, 0.05) is 31.1 Å². The fourth-order valence-electron chi connectivity index (χ4n) is 4.99. The molecule has 1 saturated heterocycles. The molecular formula is C20H25FN2O4. The number of rotatable bonds is 2. The Morgan fingerprint density at radius 2 is 2.15 bits per heavy atom. The first-order chi connectivity index (χ1) is 12.7. The first-order valence-electron chi connectivity index (χ1n) is 9.47. The molecule has 0 bridgehead atoms. The van der Waals surface area contributed by atoms with E-state index in [2.05, 4.69) is 5.32 Å². The zero-order chi connectivity index (χ0) is 19.4. The van der Waals surface area contributed by atoms with Crippen molar-refractivity contribution < 1.29 is 23.8 Å². The highest BCUT2D eigenvalue weighted by Crippen LogP contribution is 2.49. The van der Waals surface area contributed by atoms with E-state index in [1.807, 2.05) is 13.8 Å². The van der Waals surface area contributed by atoms with Crippen LogP contribution in [0.25, 0.3) is 0 Å². The molecular weight excluding hydrogens is 351 g/mol. The molecule has 1 aromatic carbocycles. The summed E-state index contributed by atoms with van der Waals surface area (Å²) in [6.45, 7) is 4.53. The molecule has 4 rings (SSSR count). The Morgan fingerprint density at radius 3 is 2.85 bits per heavy atom. The van der Waals surface area contributed by atoms with Crippen molar-refractivity contribution in [2.45, 2.75) is 51.2 Å². The lowest BCUT2D eigenvalue weighted by Gasteiger charge is -2.38. The summed E-state index contributed by atoms with van der Waals surface area (Å²) in [5.74, 6) is -0.717. The Morgan fingerprint density at radius 1 is 1.37 bits per heavy atom. The number of nitrogens with one attached hydrogen (secondary N) is 1. The zero-order valence-corrected chi connectivity index (χ0v) is 15.6. The smallest absolute Gasteiger partial charge is 0.317 e. The maximum atomic E-state index is 13.6. The predicted molar refractivity (Wildman–Crippen MR) is 96.0 cm³/mol. The van der Waals surface area contributed by atoms with E-state index in [0.717, 1.165) is 18.4 Å². The number of carboxylic acid groups (broad SMARTS) is 1. The second kappa shape index (κ2) is 6.11. The predicted octanol–water partition coefficient (Wildman–Crippen LogP) is 3.32. The third-order valence-corrected chi connectivity index (χ3v) is 6.31. The molecule has 6 nitrogen and oxygen atoms in total. The molecule has 146 valence electrons. The molecule has 3 aliphatic rings. The minimum Gasteiger partial charge on any atom is -0.487 e. The van der Waals surface area contributed by atoms with Gasteiger partial charge in [-0.05, 0) is 38.7 Å². The molecule has 2 amide bonds. The molecule has 2 N–H and O–H groups in total. The van der Waals surface area contributed by atoms with Gasteiger partial charge >= 0.3 is 12.0 Å². The molecule has 2 fully saturated rings. The van der Waals surface area contributed by atoms with Gasteiger partial charge in [0.15, 0.2) is 0 Å². The quantitative estimate of drug-likeness (QED) is 0.830. The van der Waals surface area contributed by atoms with Crippen molar-refractivity contribution in [3.63, 3.8) is 0 Å². The van der Waals surface area contributed by atoms with Crippen LogP contribution < -0.4 is 10.1 Å². The lowest BCUT2D eigenvalue weighted by Crippen LogP contribution is -2.46. The third-order valence-electron chi connectivity index (χ3n) is 6.31. The number of urea groups is 1. The number of carbonyl (C=O) groups excluding carboxylic acids is 1. The van der Waals surface area contributed by atoms with Crippen molar-refractivity contribution in [1.29, 1.82) is 0 Å². The summed E-state index contributed by atoms with van der Waals surface area (Å²) in [7, 11) is 0. The van der Waals surface area contributed by atoms with Crippen LogP contribution in [0.3, 0.4) is 0 Å². The number of carbonyl (C=O) groups is 2. The van der Waals surface area contributed by atoms with Crippen molar-refractivity contribution in [2.75, 3.05) is 13.1 Å². The van der Waals surface area contributed by atoms with E-state index in [-0.39, 0.29) is 30.4 Å². The average Bonchev–Trinajstić information content (AvgIpc) is 3.11. The maximum Gasteiger partial charge on any atom is 0.317 e. The van der Waals surface area contributed by atoms with E-state index in [1.54, 1.807) is 11.0 Å². The number of amides is 2. The number of carboxylic acids is 1. The van der Waals surface area contributed by atoms with E-state index >= 15 is 0 Å². The van der Waals surface area contributed by atoms with Gasteiger partial charge in [0.2, 0.25) is 0 Å². The van der Waals surface area contributed by atoms with Crippen molar-refractivity contribution in [3.8, 4) is 5.75 Å².